The smallest absolute Gasteiger partial charge is 0.344 e. The minimum Gasteiger partial charge on any atom is -0.444 e. The Hall–Kier alpha value is -3.12. The summed E-state index contributed by atoms with van der Waals surface area (Å²) in [6.07, 6.45) is -1.20. The zero-order valence-electron chi connectivity index (χ0n) is 15.6. The molecule has 0 spiro atoms. The average molecular weight is 398 g/mol. The quantitative estimate of drug-likeness (QED) is 0.644. The third-order valence-corrected chi connectivity index (χ3v) is 4.69. The van der Waals surface area contributed by atoms with Crippen LogP contribution in [0.15, 0.2) is 54.6 Å². The topological polar surface area (TPSA) is 87.2 Å². The molecule has 7 heteroatoms. The summed E-state index contributed by atoms with van der Waals surface area (Å²) in [4.78, 5) is 24.5. The average Bonchev–Trinajstić information content (AvgIpc) is 2.95. The number of nitrogens with zero attached hydrogens (tertiary/aromatic N) is 2. The largest absolute Gasteiger partial charge is 0.444 e. The Morgan fingerprint density at radius 3 is 2.36 bits per heavy atom. The number of aromatic nitrogens is 2. The minimum absolute atomic E-state index is 0.121. The molecule has 1 amide bonds. The summed E-state index contributed by atoms with van der Waals surface area (Å²) in [5, 5.41) is 4.49. The Labute approximate surface area is 167 Å². The Morgan fingerprint density at radius 1 is 1.11 bits per heavy atom. The van der Waals surface area contributed by atoms with Gasteiger partial charge in [-0.15, -0.1) is 0 Å². The maximum absolute atomic E-state index is 12.7. The molecular weight excluding hydrogens is 378 g/mol. The number of rotatable bonds is 6. The number of amides is 1. The summed E-state index contributed by atoms with van der Waals surface area (Å²) in [5.41, 5.74) is 8.59. The molecule has 0 saturated heterocycles. The van der Waals surface area contributed by atoms with E-state index < -0.39 is 18.0 Å². The first-order valence-corrected chi connectivity index (χ1v) is 9.08. The first-order chi connectivity index (χ1) is 13.4. The SMILES string of the molecule is Cc1ccc(Cn2nc(C)c(C(=O)OC(C(N)=O)c3ccccc3)c2Cl)cc1. The highest BCUT2D eigenvalue weighted by molar-refractivity contribution is 6.32. The molecule has 0 radical (unpaired) electrons. The molecule has 144 valence electrons. The van der Waals surface area contributed by atoms with Gasteiger partial charge in [-0.1, -0.05) is 71.8 Å². The van der Waals surface area contributed by atoms with Crippen molar-refractivity contribution in [1.82, 2.24) is 9.78 Å². The number of benzene rings is 2. The predicted octanol–water partition coefficient (Wildman–Crippen LogP) is 3.59. The molecule has 0 saturated carbocycles. The van der Waals surface area contributed by atoms with E-state index >= 15 is 0 Å². The first kappa shape index (κ1) is 19.6. The molecule has 2 aromatic carbocycles. The van der Waals surface area contributed by atoms with Crippen LogP contribution >= 0.6 is 11.6 Å². The number of primary amides is 1. The van der Waals surface area contributed by atoms with Crippen LogP contribution in [0.2, 0.25) is 5.15 Å². The lowest BCUT2D eigenvalue weighted by molar-refractivity contribution is -0.127. The molecule has 3 aromatic rings. The molecule has 0 aliphatic heterocycles. The number of hydrogen-bond donors (Lipinski definition) is 1. The number of ether oxygens (including phenoxy) is 1. The van der Waals surface area contributed by atoms with E-state index in [4.69, 9.17) is 22.1 Å². The third kappa shape index (κ3) is 4.23. The standard InChI is InChI=1S/C21H20ClN3O3/c1-13-8-10-15(11-9-13)12-25-19(22)17(14(2)24-25)21(27)28-18(20(23)26)16-6-4-3-5-7-16/h3-11,18H,12H2,1-2H3,(H2,23,26). The van der Waals surface area contributed by atoms with Gasteiger partial charge in [0.25, 0.3) is 5.91 Å². The molecule has 0 aliphatic rings. The number of esters is 1. The first-order valence-electron chi connectivity index (χ1n) is 8.70. The highest BCUT2D eigenvalue weighted by Crippen LogP contribution is 2.25. The van der Waals surface area contributed by atoms with Crippen LogP contribution < -0.4 is 5.73 Å². The number of nitrogens with two attached hydrogens (primary N) is 1. The number of aryl methyl sites for hydroxylation is 2. The summed E-state index contributed by atoms with van der Waals surface area (Å²) in [6, 6.07) is 16.5. The summed E-state index contributed by atoms with van der Waals surface area (Å²) in [7, 11) is 0. The monoisotopic (exact) mass is 397 g/mol. The van der Waals surface area contributed by atoms with Crippen LogP contribution in [-0.4, -0.2) is 21.7 Å². The van der Waals surface area contributed by atoms with Gasteiger partial charge in [0.2, 0.25) is 6.10 Å². The molecule has 3 rings (SSSR count). The molecule has 2 N–H and O–H groups in total. The maximum atomic E-state index is 12.7. The van der Waals surface area contributed by atoms with Crippen LogP contribution in [0.25, 0.3) is 0 Å². The van der Waals surface area contributed by atoms with Crippen LogP contribution in [0.5, 0.6) is 0 Å². The zero-order chi connectivity index (χ0) is 20.3. The van der Waals surface area contributed by atoms with Crippen molar-refractivity contribution >= 4 is 23.5 Å². The lowest BCUT2D eigenvalue weighted by Crippen LogP contribution is -2.26. The Bertz CT molecular complexity index is 998. The van der Waals surface area contributed by atoms with Crippen LogP contribution in [0.4, 0.5) is 0 Å². The molecule has 1 aromatic heterocycles. The van der Waals surface area contributed by atoms with Crippen molar-refractivity contribution in [3.8, 4) is 0 Å². The van der Waals surface area contributed by atoms with Crippen molar-refractivity contribution in [3.63, 3.8) is 0 Å². The van der Waals surface area contributed by atoms with Gasteiger partial charge in [0.05, 0.1) is 12.2 Å². The van der Waals surface area contributed by atoms with E-state index in [2.05, 4.69) is 5.10 Å². The van der Waals surface area contributed by atoms with Gasteiger partial charge in [0.1, 0.15) is 10.7 Å². The van der Waals surface area contributed by atoms with Gasteiger partial charge in [-0.2, -0.15) is 5.10 Å². The summed E-state index contributed by atoms with van der Waals surface area (Å²) in [5.74, 6) is -1.51. The van der Waals surface area contributed by atoms with E-state index in [1.807, 2.05) is 31.2 Å². The molecule has 1 atom stereocenters. The molecule has 6 nitrogen and oxygen atoms in total. The third-order valence-electron chi connectivity index (χ3n) is 4.31. The Morgan fingerprint density at radius 2 is 1.75 bits per heavy atom. The summed E-state index contributed by atoms with van der Waals surface area (Å²) >= 11 is 6.40. The van der Waals surface area contributed by atoms with Crippen LogP contribution in [0.3, 0.4) is 0 Å². The number of hydrogen-bond acceptors (Lipinski definition) is 4. The van der Waals surface area contributed by atoms with Gasteiger partial charge in [0.15, 0.2) is 0 Å². The second-order valence-corrected chi connectivity index (χ2v) is 6.85. The minimum atomic E-state index is -1.20. The van der Waals surface area contributed by atoms with E-state index in [9.17, 15) is 9.59 Å². The van der Waals surface area contributed by atoms with Gasteiger partial charge in [-0.25, -0.2) is 9.48 Å². The second kappa shape index (κ2) is 8.27. The Kier molecular flexibility index (Phi) is 5.80. The fraction of sp³-hybridized carbons (Fsp3) is 0.190. The predicted molar refractivity (Wildman–Crippen MR) is 106 cm³/mol. The number of carbonyl (C=O) groups excluding carboxylic acids is 2. The van der Waals surface area contributed by atoms with Crippen molar-refractivity contribution in [2.45, 2.75) is 26.5 Å². The summed E-state index contributed by atoms with van der Waals surface area (Å²) < 4.78 is 6.90. The van der Waals surface area contributed by atoms with Crippen molar-refractivity contribution in [3.05, 3.63) is 87.7 Å². The molecule has 1 unspecified atom stereocenters. The van der Waals surface area contributed by atoms with Gasteiger partial charge in [-0.3, -0.25) is 4.79 Å². The highest BCUT2D eigenvalue weighted by Gasteiger charge is 2.28. The molecule has 0 bridgehead atoms. The van der Waals surface area contributed by atoms with Gasteiger partial charge in [0, 0.05) is 5.56 Å². The number of carbonyl (C=O) groups is 2. The van der Waals surface area contributed by atoms with Crippen LogP contribution in [0, 0.1) is 13.8 Å². The molecule has 1 heterocycles. The second-order valence-electron chi connectivity index (χ2n) is 6.49. The van der Waals surface area contributed by atoms with E-state index in [1.165, 1.54) is 4.68 Å². The van der Waals surface area contributed by atoms with Gasteiger partial charge < -0.3 is 10.5 Å². The van der Waals surface area contributed by atoms with E-state index in [-0.39, 0.29) is 10.7 Å². The molecular formula is C21H20ClN3O3. The number of halogens is 1. The fourth-order valence-electron chi connectivity index (χ4n) is 2.84. The molecule has 0 fully saturated rings. The van der Waals surface area contributed by atoms with Gasteiger partial charge >= 0.3 is 5.97 Å². The molecule has 28 heavy (non-hydrogen) atoms. The maximum Gasteiger partial charge on any atom is 0.344 e. The molecule has 0 aliphatic carbocycles. The Balaban J connectivity index is 1.84. The van der Waals surface area contributed by atoms with E-state index in [0.29, 0.717) is 17.8 Å². The van der Waals surface area contributed by atoms with Crippen molar-refractivity contribution < 1.29 is 14.3 Å². The van der Waals surface area contributed by atoms with Crippen molar-refractivity contribution in [2.24, 2.45) is 5.73 Å². The summed E-state index contributed by atoms with van der Waals surface area (Å²) in [6.45, 7) is 4.08. The van der Waals surface area contributed by atoms with Crippen LogP contribution in [-0.2, 0) is 16.1 Å². The van der Waals surface area contributed by atoms with Gasteiger partial charge in [-0.05, 0) is 19.4 Å². The van der Waals surface area contributed by atoms with Crippen molar-refractivity contribution in [2.75, 3.05) is 0 Å². The zero-order valence-corrected chi connectivity index (χ0v) is 16.3. The lowest BCUT2D eigenvalue weighted by Gasteiger charge is -2.15. The highest BCUT2D eigenvalue weighted by atomic mass is 35.5. The lowest BCUT2D eigenvalue weighted by atomic mass is 10.1. The fourth-order valence-corrected chi connectivity index (χ4v) is 3.15. The van der Waals surface area contributed by atoms with Crippen LogP contribution in [0.1, 0.15) is 38.8 Å². The van der Waals surface area contributed by atoms with E-state index in [0.717, 1.165) is 11.1 Å². The normalized spacial score (nSPS) is 11.8. The van der Waals surface area contributed by atoms with Crippen molar-refractivity contribution in [1.29, 1.82) is 0 Å². The van der Waals surface area contributed by atoms with E-state index in [1.54, 1.807) is 37.3 Å².